The molecule has 1 atom stereocenters. The summed E-state index contributed by atoms with van der Waals surface area (Å²) in [6.07, 6.45) is 0. The average molecular weight is 278 g/mol. The molecule has 76 valence electrons. The van der Waals surface area contributed by atoms with Gasteiger partial charge in [0, 0.05) is 6.07 Å². The van der Waals surface area contributed by atoms with E-state index in [2.05, 4.69) is 0 Å². The molecule has 0 spiro atoms. The number of hydrogen-bond acceptors (Lipinski definition) is 4. The van der Waals surface area contributed by atoms with Crippen molar-refractivity contribution in [2.24, 2.45) is 0 Å². The number of hydrogen-bond donors (Lipinski definition) is 0. The first-order valence-corrected chi connectivity index (χ1v) is 5.00. The van der Waals surface area contributed by atoms with E-state index in [0.29, 0.717) is 0 Å². The summed E-state index contributed by atoms with van der Waals surface area (Å²) < 4.78 is 21.3. The molecule has 1 unspecified atom stereocenters. The fourth-order valence-corrected chi connectivity index (χ4v) is 2.11. The molecular weight excluding hydrogens is 276 g/mol. The van der Waals surface area contributed by atoms with Gasteiger partial charge in [0.05, 0.1) is 14.8 Å². The van der Waals surface area contributed by atoms with E-state index in [1.54, 1.807) is 0 Å². The normalized spacial score (nSPS) is 11.7. The SMILES string of the molecule is O=[N+]([O-])c1ccc(Cl)c(S(=O)[O-])c1Cl.[Na+]. The van der Waals surface area contributed by atoms with Crippen LogP contribution in [0.2, 0.25) is 10.0 Å². The van der Waals surface area contributed by atoms with E-state index in [1.807, 2.05) is 0 Å². The summed E-state index contributed by atoms with van der Waals surface area (Å²) in [7, 11) is 0. The van der Waals surface area contributed by atoms with E-state index in [0.717, 1.165) is 12.1 Å². The van der Waals surface area contributed by atoms with Crippen LogP contribution in [-0.2, 0) is 11.1 Å². The maximum Gasteiger partial charge on any atom is 1.00 e. The van der Waals surface area contributed by atoms with Crippen molar-refractivity contribution in [1.29, 1.82) is 0 Å². The largest absolute Gasteiger partial charge is 1.00 e. The predicted octanol–water partition coefficient (Wildman–Crippen LogP) is -0.856. The zero-order valence-electron chi connectivity index (χ0n) is 7.40. The van der Waals surface area contributed by atoms with Gasteiger partial charge in [0.1, 0.15) is 5.02 Å². The van der Waals surface area contributed by atoms with Crippen LogP contribution in [-0.4, -0.2) is 13.7 Å². The van der Waals surface area contributed by atoms with Crippen LogP contribution in [0.15, 0.2) is 17.0 Å². The van der Waals surface area contributed by atoms with E-state index in [1.165, 1.54) is 0 Å². The summed E-state index contributed by atoms with van der Waals surface area (Å²) >= 11 is 8.29. The molecule has 0 fully saturated rings. The minimum absolute atomic E-state index is 0. The molecule has 1 rings (SSSR count). The molecule has 9 heteroatoms. The number of benzene rings is 1. The molecule has 0 aromatic heterocycles. The Hall–Kier alpha value is 0.310. The summed E-state index contributed by atoms with van der Waals surface area (Å²) in [5, 5.41) is 9.76. The molecule has 0 heterocycles. The number of rotatable bonds is 2. The molecule has 15 heavy (non-hydrogen) atoms. The van der Waals surface area contributed by atoms with Gasteiger partial charge in [-0.15, -0.1) is 0 Å². The van der Waals surface area contributed by atoms with Crippen LogP contribution in [0.25, 0.3) is 0 Å². The summed E-state index contributed by atoms with van der Waals surface area (Å²) in [4.78, 5) is 9.15. The van der Waals surface area contributed by atoms with Gasteiger partial charge in [-0.1, -0.05) is 23.2 Å². The van der Waals surface area contributed by atoms with Gasteiger partial charge in [0.25, 0.3) is 5.69 Å². The van der Waals surface area contributed by atoms with Crippen molar-refractivity contribution >= 4 is 40.0 Å². The van der Waals surface area contributed by atoms with Crippen LogP contribution >= 0.6 is 23.2 Å². The van der Waals surface area contributed by atoms with E-state index in [-0.39, 0.29) is 34.6 Å². The number of halogens is 2. The fraction of sp³-hybridized carbons (Fsp3) is 0. The van der Waals surface area contributed by atoms with Gasteiger partial charge < -0.3 is 4.55 Å². The topological polar surface area (TPSA) is 83.3 Å². The Morgan fingerprint density at radius 3 is 2.27 bits per heavy atom. The van der Waals surface area contributed by atoms with Crippen molar-refractivity contribution in [3.8, 4) is 0 Å². The van der Waals surface area contributed by atoms with Gasteiger partial charge in [-0.3, -0.25) is 14.3 Å². The summed E-state index contributed by atoms with van der Waals surface area (Å²) in [5.74, 6) is 0. The molecule has 0 saturated heterocycles. The first-order chi connectivity index (χ1) is 6.45. The van der Waals surface area contributed by atoms with E-state index >= 15 is 0 Å². The maximum absolute atomic E-state index is 10.6. The molecule has 5 nitrogen and oxygen atoms in total. The van der Waals surface area contributed by atoms with Gasteiger partial charge in [0.2, 0.25) is 0 Å². The molecule has 0 bridgehead atoms. The summed E-state index contributed by atoms with van der Waals surface area (Å²) in [6.45, 7) is 0. The number of nitro benzene ring substituents is 1. The van der Waals surface area contributed by atoms with Crippen LogP contribution < -0.4 is 29.6 Å². The Bertz CT molecular complexity index is 428. The third kappa shape index (κ3) is 3.39. The van der Waals surface area contributed by atoms with Crippen LogP contribution in [0.3, 0.4) is 0 Å². The van der Waals surface area contributed by atoms with E-state index in [9.17, 15) is 18.9 Å². The maximum atomic E-state index is 10.6. The molecule has 0 aliphatic rings. The van der Waals surface area contributed by atoms with Crippen molar-refractivity contribution in [1.82, 2.24) is 0 Å². The van der Waals surface area contributed by atoms with Gasteiger partial charge in [-0.2, -0.15) is 0 Å². The minimum Gasteiger partial charge on any atom is -0.768 e. The molecule has 0 saturated carbocycles. The Kier molecular flexibility index (Phi) is 6.27. The standard InChI is InChI=1S/C6H3Cl2NO4S.Na/c7-3-1-2-4(9(10)11)5(8)6(3)14(12)13;/h1-2H,(H,12,13);/q;+1/p-1. The van der Waals surface area contributed by atoms with Gasteiger partial charge >= 0.3 is 29.6 Å². The Balaban J connectivity index is 0.00000196. The van der Waals surface area contributed by atoms with Crippen molar-refractivity contribution < 1.29 is 43.2 Å². The Morgan fingerprint density at radius 1 is 1.33 bits per heavy atom. The Morgan fingerprint density at radius 2 is 1.87 bits per heavy atom. The molecule has 1 aromatic rings. The van der Waals surface area contributed by atoms with Crippen molar-refractivity contribution in [2.45, 2.75) is 4.90 Å². The van der Waals surface area contributed by atoms with E-state index < -0.39 is 31.6 Å². The quantitative estimate of drug-likeness (QED) is 0.305. The minimum atomic E-state index is -2.70. The van der Waals surface area contributed by atoms with Gasteiger partial charge in [-0.25, -0.2) is 0 Å². The molecule has 0 aliphatic heterocycles. The smallest absolute Gasteiger partial charge is 0.768 e. The van der Waals surface area contributed by atoms with E-state index in [4.69, 9.17) is 23.2 Å². The number of nitro groups is 1. The molecule has 0 aliphatic carbocycles. The average Bonchev–Trinajstić information content (AvgIpc) is 2.02. The second-order valence-electron chi connectivity index (χ2n) is 2.20. The first-order valence-electron chi connectivity index (χ1n) is 3.16. The van der Waals surface area contributed by atoms with Gasteiger partial charge in [0.15, 0.2) is 0 Å². The van der Waals surface area contributed by atoms with Crippen molar-refractivity contribution in [2.75, 3.05) is 0 Å². The summed E-state index contributed by atoms with van der Waals surface area (Å²) in [6, 6.07) is 2.15. The molecule has 0 radical (unpaired) electrons. The zero-order valence-corrected chi connectivity index (χ0v) is 11.7. The van der Waals surface area contributed by atoms with Crippen molar-refractivity contribution in [3.63, 3.8) is 0 Å². The second kappa shape index (κ2) is 6.15. The second-order valence-corrected chi connectivity index (χ2v) is 3.86. The zero-order chi connectivity index (χ0) is 10.9. The monoisotopic (exact) mass is 277 g/mol. The fourth-order valence-electron chi connectivity index (χ4n) is 0.816. The van der Waals surface area contributed by atoms with Crippen LogP contribution in [0.1, 0.15) is 0 Å². The molecular formula is C6H2Cl2NNaO4S. The molecule has 1 aromatic carbocycles. The Labute approximate surface area is 119 Å². The van der Waals surface area contributed by atoms with Gasteiger partial charge in [-0.05, 0) is 17.1 Å². The molecule has 0 N–H and O–H groups in total. The van der Waals surface area contributed by atoms with Crippen molar-refractivity contribution in [3.05, 3.63) is 32.3 Å². The first kappa shape index (κ1) is 15.3. The van der Waals surface area contributed by atoms with Crippen LogP contribution in [0.5, 0.6) is 0 Å². The summed E-state index contributed by atoms with van der Waals surface area (Å²) in [5.41, 5.74) is -0.490. The molecule has 0 amide bonds. The number of nitrogens with zero attached hydrogens (tertiary/aromatic N) is 1. The van der Waals surface area contributed by atoms with Crippen LogP contribution in [0, 0.1) is 10.1 Å². The van der Waals surface area contributed by atoms with Crippen LogP contribution in [0.4, 0.5) is 5.69 Å². The third-order valence-electron chi connectivity index (χ3n) is 1.39. The predicted molar refractivity (Wildman–Crippen MR) is 50.3 cm³/mol. The third-order valence-corrected chi connectivity index (χ3v) is 3.07.